The Hall–Kier alpha value is -1.68. The van der Waals surface area contributed by atoms with Crippen LogP contribution < -0.4 is 4.90 Å². The Morgan fingerprint density at radius 1 is 1.11 bits per heavy atom. The quantitative estimate of drug-likeness (QED) is 0.768. The molecular formula is C14H17N3O. The van der Waals surface area contributed by atoms with Gasteiger partial charge in [0.05, 0.1) is 13.2 Å². The lowest BCUT2D eigenvalue weighted by molar-refractivity contribution is 0.122. The number of nitrogens with zero attached hydrogens (tertiary/aromatic N) is 3. The summed E-state index contributed by atoms with van der Waals surface area (Å²) in [5.74, 6) is 1.00. The number of morpholine rings is 1. The van der Waals surface area contributed by atoms with Crippen LogP contribution in [0.5, 0.6) is 0 Å². The summed E-state index contributed by atoms with van der Waals surface area (Å²) in [6.45, 7) is 7.48. The molecule has 1 aliphatic heterocycles. The van der Waals surface area contributed by atoms with E-state index in [-0.39, 0.29) is 0 Å². The molecule has 94 valence electrons. The lowest BCUT2D eigenvalue weighted by Crippen LogP contribution is -2.36. The average Bonchev–Trinajstić information content (AvgIpc) is 2.39. The van der Waals surface area contributed by atoms with Crippen molar-refractivity contribution in [2.45, 2.75) is 13.8 Å². The number of fused-ring (bicyclic) bond motifs is 1. The van der Waals surface area contributed by atoms with Gasteiger partial charge in [-0.2, -0.15) is 0 Å². The summed E-state index contributed by atoms with van der Waals surface area (Å²) in [5, 5.41) is 1.14. The van der Waals surface area contributed by atoms with Crippen molar-refractivity contribution in [2.75, 3.05) is 31.2 Å². The molecule has 0 amide bonds. The van der Waals surface area contributed by atoms with Crippen molar-refractivity contribution in [3.05, 3.63) is 29.5 Å². The third-order valence-corrected chi connectivity index (χ3v) is 3.33. The first kappa shape index (κ1) is 11.4. The van der Waals surface area contributed by atoms with Gasteiger partial charge in [-0.1, -0.05) is 0 Å². The minimum Gasteiger partial charge on any atom is -0.378 e. The molecule has 0 aromatic carbocycles. The maximum Gasteiger partial charge on any atom is 0.162 e. The van der Waals surface area contributed by atoms with Crippen molar-refractivity contribution in [1.82, 2.24) is 9.97 Å². The van der Waals surface area contributed by atoms with Gasteiger partial charge in [-0.05, 0) is 37.6 Å². The highest BCUT2D eigenvalue weighted by Gasteiger charge is 2.13. The average molecular weight is 243 g/mol. The van der Waals surface area contributed by atoms with E-state index in [9.17, 15) is 0 Å². The van der Waals surface area contributed by atoms with Crippen molar-refractivity contribution in [3.63, 3.8) is 0 Å². The van der Waals surface area contributed by atoms with Gasteiger partial charge in [0, 0.05) is 24.2 Å². The monoisotopic (exact) mass is 243 g/mol. The standard InChI is InChI=1S/C14H17N3O/c1-10-9-11(2)15-14-12(10)3-4-13(16-14)17-5-7-18-8-6-17/h3-4,9H,5-8H2,1-2H3. The maximum atomic E-state index is 5.36. The number of aromatic nitrogens is 2. The first-order chi connectivity index (χ1) is 8.74. The molecule has 0 aliphatic carbocycles. The van der Waals surface area contributed by atoms with Gasteiger partial charge < -0.3 is 9.64 Å². The Morgan fingerprint density at radius 2 is 1.89 bits per heavy atom. The van der Waals surface area contributed by atoms with Crippen molar-refractivity contribution < 1.29 is 4.74 Å². The molecule has 2 aromatic heterocycles. The van der Waals surface area contributed by atoms with E-state index >= 15 is 0 Å². The largest absolute Gasteiger partial charge is 0.378 e. The molecule has 0 atom stereocenters. The molecule has 2 aromatic rings. The summed E-state index contributed by atoms with van der Waals surface area (Å²) in [6, 6.07) is 6.30. The molecule has 1 fully saturated rings. The van der Waals surface area contributed by atoms with Gasteiger partial charge in [-0.25, -0.2) is 9.97 Å². The van der Waals surface area contributed by atoms with Gasteiger partial charge in [-0.3, -0.25) is 0 Å². The lowest BCUT2D eigenvalue weighted by atomic mass is 10.1. The highest BCUT2D eigenvalue weighted by atomic mass is 16.5. The maximum absolute atomic E-state index is 5.36. The van der Waals surface area contributed by atoms with Crippen LogP contribution in [-0.4, -0.2) is 36.3 Å². The van der Waals surface area contributed by atoms with Gasteiger partial charge in [0.15, 0.2) is 5.65 Å². The number of anilines is 1. The highest BCUT2D eigenvalue weighted by molar-refractivity contribution is 5.80. The molecule has 4 heteroatoms. The van der Waals surface area contributed by atoms with Gasteiger partial charge in [0.1, 0.15) is 5.82 Å². The molecule has 1 saturated heterocycles. The zero-order chi connectivity index (χ0) is 12.5. The highest BCUT2D eigenvalue weighted by Crippen LogP contribution is 2.20. The summed E-state index contributed by atoms with van der Waals surface area (Å²) in [5.41, 5.74) is 3.10. The topological polar surface area (TPSA) is 38.2 Å². The SMILES string of the molecule is Cc1cc(C)c2ccc(N3CCOCC3)nc2n1. The fourth-order valence-corrected chi connectivity index (χ4v) is 2.39. The number of aryl methyl sites for hydroxylation is 2. The van der Waals surface area contributed by atoms with E-state index in [1.54, 1.807) is 0 Å². The summed E-state index contributed by atoms with van der Waals surface area (Å²) in [6.07, 6.45) is 0. The Balaban J connectivity index is 2.04. The Kier molecular flexibility index (Phi) is 2.88. The minimum atomic E-state index is 0.778. The summed E-state index contributed by atoms with van der Waals surface area (Å²) in [7, 11) is 0. The third-order valence-electron chi connectivity index (χ3n) is 3.33. The van der Waals surface area contributed by atoms with Gasteiger partial charge in [0.25, 0.3) is 0 Å². The summed E-state index contributed by atoms with van der Waals surface area (Å²) in [4.78, 5) is 11.5. The van der Waals surface area contributed by atoms with Crippen molar-refractivity contribution in [1.29, 1.82) is 0 Å². The van der Waals surface area contributed by atoms with Gasteiger partial charge in [0.2, 0.25) is 0 Å². The molecule has 0 unspecified atom stereocenters. The van der Waals surface area contributed by atoms with Crippen LogP contribution in [0.3, 0.4) is 0 Å². The minimum absolute atomic E-state index is 0.778. The van der Waals surface area contributed by atoms with Crippen LogP contribution in [-0.2, 0) is 4.74 Å². The van der Waals surface area contributed by atoms with Crippen molar-refractivity contribution in [3.8, 4) is 0 Å². The summed E-state index contributed by atoms with van der Waals surface area (Å²) < 4.78 is 5.36. The molecule has 0 radical (unpaired) electrons. The van der Waals surface area contributed by atoms with Crippen molar-refractivity contribution >= 4 is 16.9 Å². The van der Waals surface area contributed by atoms with E-state index in [0.717, 1.165) is 48.8 Å². The van der Waals surface area contributed by atoms with Crippen LogP contribution in [0.2, 0.25) is 0 Å². The molecule has 18 heavy (non-hydrogen) atoms. The predicted octanol–water partition coefficient (Wildman–Crippen LogP) is 2.08. The molecule has 4 nitrogen and oxygen atoms in total. The normalized spacial score (nSPS) is 16.2. The van der Waals surface area contributed by atoms with E-state index in [0.29, 0.717) is 0 Å². The van der Waals surface area contributed by atoms with Crippen molar-refractivity contribution in [2.24, 2.45) is 0 Å². The van der Waals surface area contributed by atoms with Crippen LogP contribution in [0.4, 0.5) is 5.82 Å². The number of hydrogen-bond acceptors (Lipinski definition) is 4. The molecule has 0 bridgehead atoms. The second-order valence-electron chi connectivity index (χ2n) is 4.72. The molecular weight excluding hydrogens is 226 g/mol. The Labute approximate surface area is 107 Å². The van der Waals surface area contributed by atoms with Crippen LogP contribution in [0.15, 0.2) is 18.2 Å². The molecule has 0 spiro atoms. The van der Waals surface area contributed by atoms with Gasteiger partial charge >= 0.3 is 0 Å². The number of pyridine rings is 2. The fraction of sp³-hybridized carbons (Fsp3) is 0.429. The fourth-order valence-electron chi connectivity index (χ4n) is 2.39. The number of rotatable bonds is 1. The first-order valence-electron chi connectivity index (χ1n) is 6.32. The Bertz CT molecular complexity index is 577. The predicted molar refractivity (Wildman–Crippen MR) is 72.0 cm³/mol. The number of hydrogen-bond donors (Lipinski definition) is 0. The Morgan fingerprint density at radius 3 is 2.67 bits per heavy atom. The molecule has 3 heterocycles. The second kappa shape index (κ2) is 4.53. The van der Waals surface area contributed by atoms with E-state index < -0.39 is 0 Å². The first-order valence-corrected chi connectivity index (χ1v) is 6.32. The molecule has 1 aliphatic rings. The molecule has 0 saturated carbocycles. The second-order valence-corrected chi connectivity index (χ2v) is 4.72. The van der Waals surface area contributed by atoms with E-state index in [1.165, 1.54) is 5.56 Å². The van der Waals surface area contributed by atoms with E-state index in [2.05, 4.69) is 40.0 Å². The smallest absolute Gasteiger partial charge is 0.162 e. The van der Waals surface area contributed by atoms with Crippen LogP contribution in [0, 0.1) is 13.8 Å². The van der Waals surface area contributed by atoms with Gasteiger partial charge in [-0.15, -0.1) is 0 Å². The molecule has 3 rings (SSSR count). The zero-order valence-corrected chi connectivity index (χ0v) is 10.8. The molecule has 0 N–H and O–H groups in total. The summed E-state index contributed by atoms with van der Waals surface area (Å²) >= 11 is 0. The van der Waals surface area contributed by atoms with Crippen LogP contribution in [0.1, 0.15) is 11.3 Å². The zero-order valence-electron chi connectivity index (χ0n) is 10.8. The number of ether oxygens (including phenoxy) is 1. The third kappa shape index (κ3) is 2.04. The van der Waals surface area contributed by atoms with Crippen LogP contribution in [0.25, 0.3) is 11.0 Å². The van der Waals surface area contributed by atoms with Crippen LogP contribution >= 0.6 is 0 Å². The van der Waals surface area contributed by atoms with E-state index in [4.69, 9.17) is 4.74 Å². The lowest BCUT2D eigenvalue weighted by Gasteiger charge is -2.27. The van der Waals surface area contributed by atoms with E-state index in [1.807, 2.05) is 6.92 Å².